The Bertz CT molecular complexity index is 610. The molecule has 31 heavy (non-hydrogen) atoms. The first-order valence-electron chi connectivity index (χ1n) is 12.4. The highest BCUT2D eigenvalue weighted by atomic mass is 16.6. The molecule has 3 heterocycles. The van der Waals surface area contributed by atoms with E-state index in [9.17, 15) is 9.90 Å². The third-order valence-electron chi connectivity index (χ3n) is 7.83. The van der Waals surface area contributed by atoms with Gasteiger partial charge in [-0.05, 0) is 46.1 Å². The Hall–Kier alpha value is -0.930. The van der Waals surface area contributed by atoms with Crippen molar-refractivity contribution in [2.75, 3.05) is 59.4 Å². The number of ether oxygens (including phenoxy) is 1. The Kier molecular flexibility index (Phi) is 7.43. The first kappa shape index (κ1) is 23.2. The summed E-state index contributed by atoms with van der Waals surface area (Å²) in [5.41, 5.74) is -0.458. The van der Waals surface area contributed by atoms with Crippen LogP contribution in [0, 0.1) is 5.92 Å². The van der Waals surface area contributed by atoms with Crippen molar-refractivity contribution in [3.05, 3.63) is 0 Å². The third-order valence-corrected chi connectivity index (χ3v) is 7.83. The van der Waals surface area contributed by atoms with Gasteiger partial charge in [-0.3, -0.25) is 4.90 Å². The van der Waals surface area contributed by atoms with E-state index >= 15 is 0 Å². The quantitative estimate of drug-likeness (QED) is 0.584. The predicted molar refractivity (Wildman–Crippen MR) is 121 cm³/mol. The average Bonchev–Trinajstić information content (AvgIpc) is 2.73. The Balaban J connectivity index is 1.25. The largest absolute Gasteiger partial charge is 0.443 e. The molecule has 0 aromatic carbocycles. The number of hydrogen-bond acceptors (Lipinski definition) is 7. The molecule has 1 amide bonds. The Morgan fingerprint density at radius 1 is 1.13 bits per heavy atom. The molecule has 0 aromatic heterocycles. The summed E-state index contributed by atoms with van der Waals surface area (Å²) in [4.78, 5) is 19.9. The van der Waals surface area contributed by atoms with Gasteiger partial charge >= 0.3 is 6.09 Å². The molecule has 178 valence electrons. The van der Waals surface area contributed by atoms with E-state index in [-0.39, 0.29) is 24.3 Å². The number of rotatable bonds is 5. The molecule has 5 atom stereocenters. The normalized spacial score (nSPS) is 36.1. The maximum absolute atomic E-state index is 12.9. The van der Waals surface area contributed by atoms with Gasteiger partial charge in [0.1, 0.15) is 5.60 Å². The summed E-state index contributed by atoms with van der Waals surface area (Å²) >= 11 is 0. The van der Waals surface area contributed by atoms with Crippen LogP contribution in [0.5, 0.6) is 0 Å². The number of nitrogens with one attached hydrogen (secondary N) is 2. The van der Waals surface area contributed by atoms with Gasteiger partial charge < -0.3 is 30.3 Å². The molecule has 4 rings (SSSR count). The van der Waals surface area contributed by atoms with Crippen LogP contribution >= 0.6 is 0 Å². The molecule has 0 aromatic rings. The molecule has 5 unspecified atom stereocenters. The SMILES string of the molecule is CN1CCN(C2CCCC(CC(C)(C)OC(=O)N3CCNC(C4NCC4O)C3)C2)CC1. The lowest BCUT2D eigenvalue weighted by Crippen LogP contribution is -2.70. The van der Waals surface area contributed by atoms with Crippen molar-refractivity contribution in [1.29, 1.82) is 0 Å². The molecule has 8 nitrogen and oxygen atoms in total. The minimum atomic E-state index is -0.458. The summed E-state index contributed by atoms with van der Waals surface area (Å²) in [5.74, 6) is 0.617. The minimum Gasteiger partial charge on any atom is -0.443 e. The first-order valence-corrected chi connectivity index (χ1v) is 12.4. The van der Waals surface area contributed by atoms with Gasteiger partial charge in [-0.2, -0.15) is 0 Å². The highest BCUT2D eigenvalue weighted by molar-refractivity contribution is 5.68. The summed E-state index contributed by atoms with van der Waals surface area (Å²) < 4.78 is 6.04. The van der Waals surface area contributed by atoms with Gasteiger partial charge in [-0.15, -0.1) is 0 Å². The number of carbonyl (C=O) groups is 1. The molecule has 3 aliphatic heterocycles. The van der Waals surface area contributed by atoms with E-state index in [1.807, 2.05) is 4.90 Å². The fraction of sp³-hybridized carbons (Fsp3) is 0.957. The highest BCUT2D eigenvalue weighted by Gasteiger charge is 2.40. The van der Waals surface area contributed by atoms with Crippen molar-refractivity contribution in [2.45, 2.75) is 75.8 Å². The molecule has 1 saturated carbocycles. The van der Waals surface area contributed by atoms with Crippen molar-refractivity contribution in [2.24, 2.45) is 5.92 Å². The molecule has 0 spiro atoms. The van der Waals surface area contributed by atoms with E-state index in [1.165, 1.54) is 51.9 Å². The number of piperazine rings is 2. The smallest absolute Gasteiger partial charge is 0.410 e. The second-order valence-electron chi connectivity index (χ2n) is 10.9. The van der Waals surface area contributed by atoms with E-state index in [1.54, 1.807) is 0 Å². The Morgan fingerprint density at radius 3 is 2.58 bits per heavy atom. The minimum absolute atomic E-state index is 0.0253. The molecule has 3 saturated heterocycles. The van der Waals surface area contributed by atoms with Crippen LogP contribution in [0.3, 0.4) is 0 Å². The van der Waals surface area contributed by atoms with Crippen LogP contribution in [0.25, 0.3) is 0 Å². The van der Waals surface area contributed by atoms with E-state index in [2.05, 4.69) is 41.3 Å². The first-order chi connectivity index (χ1) is 14.8. The topological polar surface area (TPSA) is 80.3 Å². The van der Waals surface area contributed by atoms with E-state index < -0.39 is 5.60 Å². The zero-order valence-corrected chi connectivity index (χ0v) is 19.7. The third kappa shape index (κ3) is 5.90. The van der Waals surface area contributed by atoms with Crippen molar-refractivity contribution >= 4 is 6.09 Å². The molecule has 4 fully saturated rings. The number of amides is 1. The number of hydrogen-bond donors (Lipinski definition) is 3. The summed E-state index contributed by atoms with van der Waals surface area (Å²) in [6, 6.07) is 0.794. The average molecular weight is 438 g/mol. The molecule has 8 heteroatoms. The van der Waals surface area contributed by atoms with Crippen LogP contribution in [0.4, 0.5) is 4.79 Å². The van der Waals surface area contributed by atoms with Crippen LogP contribution in [-0.4, -0.2) is 115 Å². The lowest BCUT2D eigenvalue weighted by Gasteiger charge is -2.45. The standard InChI is InChI=1S/C23H43N5O3/c1-23(2,14-17-5-4-6-18(13-17)27-11-9-26(3)10-12-27)31-22(30)28-8-7-24-19(16-28)21-20(29)15-25-21/h17-21,24-25,29H,4-16H2,1-3H3. The van der Waals surface area contributed by atoms with Crippen LogP contribution in [-0.2, 0) is 4.74 Å². The summed E-state index contributed by atoms with van der Waals surface area (Å²) in [7, 11) is 2.21. The second kappa shape index (κ2) is 9.91. The molecular formula is C23H43N5O3. The van der Waals surface area contributed by atoms with E-state index in [0.717, 1.165) is 13.0 Å². The van der Waals surface area contributed by atoms with Crippen LogP contribution < -0.4 is 10.6 Å². The van der Waals surface area contributed by atoms with Gasteiger partial charge in [0.2, 0.25) is 0 Å². The van der Waals surface area contributed by atoms with Crippen molar-refractivity contribution in [3.8, 4) is 0 Å². The van der Waals surface area contributed by atoms with Gasteiger partial charge in [0.25, 0.3) is 0 Å². The maximum atomic E-state index is 12.9. The number of likely N-dealkylation sites (N-methyl/N-ethyl adjacent to an activating group) is 1. The van der Waals surface area contributed by atoms with Gasteiger partial charge in [0, 0.05) is 64.4 Å². The molecule has 4 aliphatic rings. The van der Waals surface area contributed by atoms with E-state index in [4.69, 9.17) is 4.74 Å². The zero-order valence-electron chi connectivity index (χ0n) is 19.7. The van der Waals surface area contributed by atoms with Gasteiger partial charge in [-0.25, -0.2) is 4.79 Å². The monoisotopic (exact) mass is 437 g/mol. The van der Waals surface area contributed by atoms with Gasteiger partial charge in [-0.1, -0.05) is 12.8 Å². The lowest BCUT2D eigenvalue weighted by atomic mass is 9.79. The summed E-state index contributed by atoms with van der Waals surface area (Å²) in [5, 5.41) is 16.6. The number of aliphatic hydroxyl groups excluding tert-OH is 1. The highest BCUT2D eigenvalue weighted by Crippen LogP contribution is 2.35. The summed E-state index contributed by atoms with van der Waals surface area (Å²) in [6.07, 6.45) is 5.45. The molecule has 0 radical (unpaired) electrons. The van der Waals surface area contributed by atoms with Gasteiger partial charge in [0.05, 0.1) is 12.1 Å². The number of aliphatic hydroxyl groups is 1. The van der Waals surface area contributed by atoms with Crippen LogP contribution in [0.2, 0.25) is 0 Å². The second-order valence-corrected chi connectivity index (χ2v) is 10.9. The molecule has 3 N–H and O–H groups in total. The number of β-amino-alcohol motifs (C(OH)–C–C–N with tert-alkyl or cyclic N) is 1. The summed E-state index contributed by atoms with van der Waals surface area (Å²) in [6.45, 7) is 11.5. The fourth-order valence-corrected chi connectivity index (χ4v) is 5.96. The van der Waals surface area contributed by atoms with Crippen molar-refractivity contribution < 1.29 is 14.6 Å². The van der Waals surface area contributed by atoms with Crippen molar-refractivity contribution in [1.82, 2.24) is 25.3 Å². The zero-order chi connectivity index (χ0) is 22.0. The van der Waals surface area contributed by atoms with Crippen LogP contribution in [0.1, 0.15) is 46.0 Å². The lowest BCUT2D eigenvalue weighted by molar-refractivity contribution is -0.0208. The Morgan fingerprint density at radius 2 is 1.90 bits per heavy atom. The Labute approximate surface area is 187 Å². The predicted octanol–water partition coefficient (Wildman–Crippen LogP) is 0.704. The number of carbonyl (C=O) groups excluding carboxylic acids is 1. The van der Waals surface area contributed by atoms with E-state index in [0.29, 0.717) is 31.6 Å². The fourth-order valence-electron chi connectivity index (χ4n) is 5.96. The molecular weight excluding hydrogens is 394 g/mol. The maximum Gasteiger partial charge on any atom is 0.410 e. The molecule has 0 bridgehead atoms. The molecule has 1 aliphatic carbocycles. The van der Waals surface area contributed by atoms with Crippen molar-refractivity contribution in [3.63, 3.8) is 0 Å². The number of nitrogens with zero attached hydrogens (tertiary/aromatic N) is 3. The van der Waals surface area contributed by atoms with Gasteiger partial charge in [0.15, 0.2) is 0 Å². The van der Waals surface area contributed by atoms with Crippen LogP contribution in [0.15, 0.2) is 0 Å².